The quantitative estimate of drug-likeness (QED) is 0.838. The maximum Gasteiger partial charge on any atom is 0.168 e. The van der Waals surface area contributed by atoms with E-state index in [9.17, 15) is 4.79 Å². The fraction of sp³-hybridized carbons (Fsp3) is 0.333. The van der Waals surface area contributed by atoms with E-state index in [0.29, 0.717) is 6.54 Å². The summed E-state index contributed by atoms with van der Waals surface area (Å²) in [6.45, 7) is 4.44. The zero-order valence-corrected chi connectivity index (χ0v) is 10.8. The molecule has 94 valence electrons. The van der Waals surface area contributed by atoms with Crippen molar-refractivity contribution in [3.8, 4) is 0 Å². The van der Waals surface area contributed by atoms with E-state index in [1.807, 2.05) is 38.1 Å². The zero-order chi connectivity index (χ0) is 13.1. The fourth-order valence-electron chi connectivity index (χ4n) is 2.21. The van der Waals surface area contributed by atoms with Crippen LogP contribution >= 0.6 is 0 Å². The molecule has 3 nitrogen and oxygen atoms in total. The van der Waals surface area contributed by atoms with Gasteiger partial charge in [-0.15, -0.1) is 0 Å². The van der Waals surface area contributed by atoms with Gasteiger partial charge in [-0.2, -0.15) is 0 Å². The molecule has 0 aliphatic rings. The third kappa shape index (κ3) is 2.27. The van der Waals surface area contributed by atoms with Gasteiger partial charge in [-0.1, -0.05) is 32.0 Å². The Labute approximate surface area is 107 Å². The van der Waals surface area contributed by atoms with E-state index in [0.717, 1.165) is 16.3 Å². The molecule has 0 saturated carbocycles. The second kappa shape index (κ2) is 5.27. The predicted molar refractivity (Wildman–Crippen MR) is 73.5 cm³/mol. The molecule has 2 rings (SSSR count). The van der Waals surface area contributed by atoms with Gasteiger partial charge in [-0.05, 0) is 17.4 Å². The number of aromatic nitrogens is 1. The first kappa shape index (κ1) is 12.7. The highest BCUT2D eigenvalue weighted by molar-refractivity contribution is 6.09. The molecule has 1 unspecified atom stereocenters. The number of carbonyl (C=O) groups is 1. The third-order valence-corrected chi connectivity index (χ3v) is 3.34. The molecule has 0 aliphatic heterocycles. The first-order valence-electron chi connectivity index (χ1n) is 6.22. The summed E-state index contributed by atoms with van der Waals surface area (Å²) in [6, 6.07) is 7.67. The lowest BCUT2D eigenvalue weighted by Gasteiger charge is -2.18. The number of ketones is 1. The van der Waals surface area contributed by atoms with Crippen LogP contribution in [0.3, 0.4) is 0 Å². The van der Waals surface area contributed by atoms with Crippen LogP contribution in [0, 0.1) is 11.8 Å². The SMILES string of the molecule is CC(C)C(CN)C(=O)c1cccc2ccncc12. The van der Waals surface area contributed by atoms with E-state index >= 15 is 0 Å². The molecule has 1 heterocycles. The van der Waals surface area contributed by atoms with Crippen LogP contribution in [0.2, 0.25) is 0 Å². The number of pyridine rings is 1. The number of rotatable bonds is 4. The summed E-state index contributed by atoms with van der Waals surface area (Å²) in [5.41, 5.74) is 6.45. The highest BCUT2D eigenvalue weighted by Crippen LogP contribution is 2.23. The molecule has 1 atom stereocenters. The molecule has 2 N–H and O–H groups in total. The summed E-state index contributed by atoms with van der Waals surface area (Å²) in [7, 11) is 0. The Bertz CT molecular complexity index is 558. The second-order valence-electron chi connectivity index (χ2n) is 4.85. The summed E-state index contributed by atoms with van der Waals surface area (Å²) in [5.74, 6) is 0.233. The number of fused-ring (bicyclic) bond motifs is 1. The Kier molecular flexibility index (Phi) is 3.72. The van der Waals surface area contributed by atoms with Gasteiger partial charge in [-0.3, -0.25) is 9.78 Å². The summed E-state index contributed by atoms with van der Waals surface area (Å²) in [4.78, 5) is 16.6. The number of hydrogen-bond donors (Lipinski definition) is 1. The van der Waals surface area contributed by atoms with E-state index in [4.69, 9.17) is 5.73 Å². The van der Waals surface area contributed by atoms with Crippen molar-refractivity contribution in [1.82, 2.24) is 4.98 Å². The van der Waals surface area contributed by atoms with Crippen molar-refractivity contribution in [2.45, 2.75) is 13.8 Å². The maximum absolute atomic E-state index is 12.5. The molecule has 18 heavy (non-hydrogen) atoms. The molecule has 0 spiro atoms. The van der Waals surface area contributed by atoms with Gasteiger partial charge < -0.3 is 5.73 Å². The largest absolute Gasteiger partial charge is 0.330 e. The van der Waals surface area contributed by atoms with Gasteiger partial charge in [0.2, 0.25) is 0 Å². The monoisotopic (exact) mass is 242 g/mol. The molecule has 0 amide bonds. The molecule has 2 aromatic rings. The van der Waals surface area contributed by atoms with E-state index in [-0.39, 0.29) is 17.6 Å². The van der Waals surface area contributed by atoms with Crippen molar-refractivity contribution in [2.75, 3.05) is 6.54 Å². The lowest BCUT2D eigenvalue weighted by Crippen LogP contribution is -2.28. The first-order chi connectivity index (χ1) is 8.65. The van der Waals surface area contributed by atoms with Gasteiger partial charge >= 0.3 is 0 Å². The van der Waals surface area contributed by atoms with E-state index in [1.54, 1.807) is 12.4 Å². The van der Waals surface area contributed by atoms with Gasteiger partial charge in [0.25, 0.3) is 0 Å². The minimum absolute atomic E-state index is 0.117. The van der Waals surface area contributed by atoms with Crippen molar-refractivity contribution >= 4 is 16.6 Å². The number of nitrogens with two attached hydrogens (primary N) is 1. The standard InChI is InChI=1S/C15H18N2O/c1-10(2)13(8-16)15(18)12-5-3-4-11-6-7-17-9-14(11)12/h3-7,9-10,13H,8,16H2,1-2H3. The lowest BCUT2D eigenvalue weighted by molar-refractivity contribution is 0.0894. The number of benzene rings is 1. The molecule has 1 aromatic heterocycles. The topological polar surface area (TPSA) is 56.0 Å². The molecule has 0 aliphatic carbocycles. The minimum atomic E-state index is -0.129. The Hall–Kier alpha value is -1.74. The smallest absolute Gasteiger partial charge is 0.168 e. The normalized spacial score (nSPS) is 12.9. The summed E-state index contributed by atoms with van der Waals surface area (Å²) < 4.78 is 0. The van der Waals surface area contributed by atoms with Crippen LogP contribution < -0.4 is 5.73 Å². The molecule has 0 saturated heterocycles. The van der Waals surface area contributed by atoms with E-state index in [1.165, 1.54) is 0 Å². The van der Waals surface area contributed by atoms with Crippen LogP contribution in [0.1, 0.15) is 24.2 Å². The average Bonchev–Trinajstić information content (AvgIpc) is 2.38. The minimum Gasteiger partial charge on any atom is -0.330 e. The van der Waals surface area contributed by atoms with Gasteiger partial charge in [0.05, 0.1) is 0 Å². The molecule has 0 radical (unpaired) electrons. The van der Waals surface area contributed by atoms with Crippen LogP contribution in [-0.2, 0) is 0 Å². The van der Waals surface area contributed by atoms with Crippen molar-refractivity contribution in [3.05, 3.63) is 42.2 Å². The molecule has 3 heteroatoms. The summed E-state index contributed by atoms with van der Waals surface area (Å²) >= 11 is 0. The Morgan fingerprint density at radius 2 is 2.11 bits per heavy atom. The Balaban J connectivity index is 2.51. The lowest BCUT2D eigenvalue weighted by atomic mass is 9.86. The van der Waals surface area contributed by atoms with Crippen LogP contribution in [0.15, 0.2) is 36.7 Å². The predicted octanol–water partition coefficient (Wildman–Crippen LogP) is 2.65. The molecule has 0 bridgehead atoms. The first-order valence-corrected chi connectivity index (χ1v) is 6.22. The number of nitrogens with zero attached hydrogens (tertiary/aromatic N) is 1. The second-order valence-corrected chi connectivity index (χ2v) is 4.85. The van der Waals surface area contributed by atoms with E-state index < -0.39 is 0 Å². The molecule has 1 aromatic carbocycles. The van der Waals surface area contributed by atoms with Gasteiger partial charge in [0.15, 0.2) is 5.78 Å². The van der Waals surface area contributed by atoms with Crippen LogP contribution in [0.4, 0.5) is 0 Å². The average molecular weight is 242 g/mol. The zero-order valence-electron chi connectivity index (χ0n) is 10.8. The van der Waals surface area contributed by atoms with Gasteiger partial charge in [0.1, 0.15) is 0 Å². The van der Waals surface area contributed by atoms with Crippen molar-refractivity contribution in [2.24, 2.45) is 17.6 Å². The van der Waals surface area contributed by atoms with Gasteiger partial charge in [0, 0.05) is 35.8 Å². The molecule has 0 fully saturated rings. The Morgan fingerprint density at radius 3 is 2.78 bits per heavy atom. The third-order valence-electron chi connectivity index (χ3n) is 3.34. The van der Waals surface area contributed by atoms with Crippen molar-refractivity contribution in [1.29, 1.82) is 0 Å². The van der Waals surface area contributed by atoms with E-state index in [2.05, 4.69) is 4.98 Å². The van der Waals surface area contributed by atoms with Crippen LogP contribution in [0.25, 0.3) is 10.8 Å². The Morgan fingerprint density at radius 1 is 1.33 bits per heavy atom. The highest BCUT2D eigenvalue weighted by atomic mass is 16.1. The fourth-order valence-corrected chi connectivity index (χ4v) is 2.21. The van der Waals surface area contributed by atoms with Crippen LogP contribution in [0.5, 0.6) is 0 Å². The number of carbonyl (C=O) groups excluding carboxylic acids is 1. The maximum atomic E-state index is 12.5. The van der Waals surface area contributed by atoms with Gasteiger partial charge in [-0.25, -0.2) is 0 Å². The highest BCUT2D eigenvalue weighted by Gasteiger charge is 2.23. The van der Waals surface area contributed by atoms with Crippen LogP contribution in [-0.4, -0.2) is 17.3 Å². The van der Waals surface area contributed by atoms with Crippen molar-refractivity contribution < 1.29 is 4.79 Å². The molecular formula is C15H18N2O. The van der Waals surface area contributed by atoms with Crippen molar-refractivity contribution in [3.63, 3.8) is 0 Å². The summed E-state index contributed by atoms with van der Waals surface area (Å²) in [5, 5.41) is 1.94. The summed E-state index contributed by atoms with van der Waals surface area (Å²) in [6.07, 6.45) is 3.48. The number of Topliss-reactive ketones (excluding diaryl/α,β-unsaturated/α-hetero) is 1. The molecular weight excluding hydrogens is 224 g/mol. The number of hydrogen-bond acceptors (Lipinski definition) is 3.